The van der Waals surface area contributed by atoms with Gasteiger partial charge in [0.1, 0.15) is 12.1 Å². The van der Waals surface area contributed by atoms with Crippen molar-refractivity contribution >= 4 is 17.7 Å². The Labute approximate surface area is 93.8 Å². The van der Waals surface area contributed by atoms with E-state index >= 15 is 0 Å². The Kier molecular flexibility index (Phi) is 4.95. The van der Waals surface area contributed by atoms with Crippen molar-refractivity contribution in [3.8, 4) is 0 Å². The second-order valence-electron chi connectivity index (χ2n) is 3.96. The van der Waals surface area contributed by atoms with Gasteiger partial charge in [-0.15, -0.1) is 0 Å². The molecule has 0 aliphatic heterocycles. The highest BCUT2D eigenvalue weighted by Gasteiger charge is 2.18. The minimum Gasteiger partial charge on any atom is -0.542 e. The van der Waals surface area contributed by atoms with Crippen LogP contribution >= 0.6 is 0 Å². The molecule has 5 nitrogen and oxygen atoms in total. The van der Waals surface area contributed by atoms with Crippen LogP contribution in [-0.4, -0.2) is 23.8 Å². The molecule has 0 spiro atoms. The monoisotopic (exact) mass is 227 g/mol. The van der Waals surface area contributed by atoms with Crippen LogP contribution in [0.4, 0.5) is 0 Å². The molecule has 0 N–H and O–H groups in total. The Morgan fingerprint density at radius 2 is 1.69 bits per heavy atom. The fourth-order valence-corrected chi connectivity index (χ4v) is 1.75. The van der Waals surface area contributed by atoms with Crippen LogP contribution in [0.15, 0.2) is 0 Å². The quantitative estimate of drug-likeness (QED) is 0.486. The van der Waals surface area contributed by atoms with Gasteiger partial charge in [-0.1, -0.05) is 6.42 Å². The Morgan fingerprint density at radius 3 is 2.25 bits per heavy atom. The molecule has 0 aromatic heterocycles. The normalized spacial score (nSPS) is 16.8. The summed E-state index contributed by atoms with van der Waals surface area (Å²) in [7, 11) is 0. The summed E-state index contributed by atoms with van der Waals surface area (Å²) in [4.78, 5) is 32.0. The third-order valence-electron chi connectivity index (χ3n) is 2.63. The van der Waals surface area contributed by atoms with Crippen molar-refractivity contribution in [1.82, 2.24) is 0 Å². The second kappa shape index (κ2) is 6.25. The first kappa shape index (κ1) is 12.7. The summed E-state index contributed by atoms with van der Waals surface area (Å²) in [5, 5.41) is 10.1. The van der Waals surface area contributed by atoms with E-state index in [1.807, 2.05) is 0 Å². The molecule has 1 aliphatic carbocycles. The van der Waals surface area contributed by atoms with E-state index in [1.165, 1.54) is 0 Å². The van der Waals surface area contributed by atoms with E-state index in [9.17, 15) is 19.5 Å². The molecule has 1 aliphatic rings. The minimum absolute atomic E-state index is 0.0562. The highest BCUT2D eigenvalue weighted by molar-refractivity contribution is 6.31. The van der Waals surface area contributed by atoms with Crippen molar-refractivity contribution in [2.75, 3.05) is 0 Å². The molecular formula is C11H15O5-. The van der Waals surface area contributed by atoms with Gasteiger partial charge in [-0.3, -0.25) is 9.59 Å². The maximum absolute atomic E-state index is 11.3. The fraction of sp³-hybridized carbons (Fsp3) is 0.727. The lowest BCUT2D eigenvalue weighted by atomic mass is 9.98. The molecule has 0 aromatic carbocycles. The zero-order chi connectivity index (χ0) is 12.0. The number of hydrogen-bond acceptors (Lipinski definition) is 5. The summed E-state index contributed by atoms with van der Waals surface area (Å²) in [6.07, 6.45) is 4.42. The van der Waals surface area contributed by atoms with E-state index in [4.69, 9.17) is 4.74 Å². The van der Waals surface area contributed by atoms with Crippen molar-refractivity contribution in [1.29, 1.82) is 0 Å². The molecule has 0 aromatic rings. The Balaban J connectivity index is 2.19. The van der Waals surface area contributed by atoms with Crippen LogP contribution in [0.1, 0.15) is 44.9 Å². The van der Waals surface area contributed by atoms with Gasteiger partial charge in [0, 0.05) is 6.42 Å². The summed E-state index contributed by atoms with van der Waals surface area (Å²) in [6.45, 7) is 0. The molecule has 0 radical (unpaired) electrons. The van der Waals surface area contributed by atoms with Crippen LogP contribution in [0, 0.1) is 0 Å². The molecule has 16 heavy (non-hydrogen) atoms. The van der Waals surface area contributed by atoms with Crippen LogP contribution in [-0.2, 0) is 19.1 Å². The van der Waals surface area contributed by atoms with E-state index in [1.54, 1.807) is 0 Å². The molecule has 90 valence electrons. The molecule has 1 saturated carbocycles. The molecule has 0 heterocycles. The number of esters is 1. The standard InChI is InChI=1S/C11H16O5/c12-9(11(14)15)6-7-10(13)16-8-4-2-1-3-5-8/h8H,1-7H2,(H,14,15)/p-1. The van der Waals surface area contributed by atoms with E-state index in [-0.39, 0.29) is 18.9 Å². The number of carboxylic acid groups (broad SMARTS) is 1. The van der Waals surface area contributed by atoms with Gasteiger partial charge in [0.05, 0.1) is 6.42 Å². The van der Waals surface area contributed by atoms with Gasteiger partial charge in [0.25, 0.3) is 0 Å². The van der Waals surface area contributed by atoms with Crippen LogP contribution in [0.5, 0.6) is 0 Å². The predicted octanol–water partition coefficient (Wildman–Crippen LogP) is -0.0385. The molecule has 5 heteroatoms. The van der Waals surface area contributed by atoms with Gasteiger partial charge in [0.2, 0.25) is 0 Å². The average Bonchev–Trinajstić information content (AvgIpc) is 2.27. The number of Topliss-reactive ketones (excluding diaryl/α,β-unsaturated/α-hetero) is 1. The summed E-state index contributed by atoms with van der Waals surface area (Å²) < 4.78 is 5.12. The third-order valence-corrected chi connectivity index (χ3v) is 2.63. The zero-order valence-corrected chi connectivity index (χ0v) is 9.07. The fourth-order valence-electron chi connectivity index (χ4n) is 1.75. The van der Waals surface area contributed by atoms with Gasteiger partial charge in [-0.2, -0.15) is 0 Å². The molecule has 0 saturated heterocycles. The minimum atomic E-state index is -1.74. The SMILES string of the molecule is O=C(CCC(=O)C(=O)[O-])OC1CCCCC1. The number of rotatable bonds is 5. The van der Waals surface area contributed by atoms with Crippen LogP contribution in [0.25, 0.3) is 0 Å². The van der Waals surface area contributed by atoms with Crippen LogP contribution in [0.3, 0.4) is 0 Å². The highest BCUT2D eigenvalue weighted by Crippen LogP contribution is 2.20. The highest BCUT2D eigenvalue weighted by atomic mass is 16.5. The summed E-state index contributed by atoms with van der Waals surface area (Å²) >= 11 is 0. The second-order valence-corrected chi connectivity index (χ2v) is 3.96. The van der Waals surface area contributed by atoms with E-state index in [0.717, 1.165) is 32.1 Å². The van der Waals surface area contributed by atoms with E-state index < -0.39 is 17.7 Å². The number of carboxylic acids is 1. The predicted molar refractivity (Wildman–Crippen MR) is 52.2 cm³/mol. The molecule has 0 bridgehead atoms. The van der Waals surface area contributed by atoms with E-state index in [2.05, 4.69) is 0 Å². The first-order valence-electron chi connectivity index (χ1n) is 5.53. The lowest BCUT2D eigenvalue weighted by molar-refractivity contribution is -0.300. The first-order chi connectivity index (χ1) is 7.59. The van der Waals surface area contributed by atoms with Gasteiger partial charge in [-0.25, -0.2) is 0 Å². The number of ether oxygens (including phenoxy) is 1. The number of ketones is 1. The largest absolute Gasteiger partial charge is 0.542 e. The topological polar surface area (TPSA) is 83.5 Å². The lowest BCUT2D eigenvalue weighted by Crippen LogP contribution is -2.32. The number of carbonyl (C=O) groups excluding carboxylic acids is 3. The maximum atomic E-state index is 11.3. The number of aliphatic carboxylic acids is 1. The van der Waals surface area contributed by atoms with Crippen LogP contribution < -0.4 is 5.11 Å². The molecule has 0 unspecified atom stereocenters. The van der Waals surface area contributed by atoms with Gasteiger partial charge < -0.3 is 14.6 Å². The number of carbonyl (C=O) groups is 3. The van der Waals surface area contributed by atoms with Crippen molar-refractivity contribution in [3.63, 3.8) is 0 Å². The first-order valence-corrected chi connectivity index (χ1v) is 5.53. The summed E-state index contributed by atoms with van der Waals surface area (Å²) in [5.41, 5.74) is 0. The molecule has 0 atom stereocenters. The maximum Gasteiger partial charge on any atom is 0.306 e. The third kappa shape index (κ3) is 4.42. The van der Waals surface area contributed by atoms with Gasteiger partial charge in [-0.05, 0) is 25.7 Å². The van der Waals surface area contributed by atoms with E-state index in [0.29, 0.717) is 0 Å². The smallest absolute Gasteiger partial charge is 0.306 e. The van der Waals surface area contributed by atoms with Crippen molar-refractivity contribution in [2.24, 2.45) is 0 Å². The van der Waals surface area contributed by atoms with Crippen LogP contribution in [0.2, 0.25) is 0 Å². The summed E-state index contributed by atoms with van der Waals surface area (Å²) in [5.74, 6) is -3.30. The Bertz CT molecular complexity index is 278. The molecule has 0 amide bonds. The Morgan fingerprint density at radius 1 is 1.06 bits per heavy atom. The van der Waals surface area contributed by atoms with Crippen molar-refractivity contribution in [2.45, 2.75) is 51.0 Å². The number of hydrogen-bond donors (Lipinski definition) is 0. The zero-order valence-electron chi connectivity index (χ0n) is 9.07. The average molecular weight is 227 g/mol. The molecular weight excluding hydrogens is 212 g/mol. The van der Waals surface area contributed by atoms with Crippen molar-refractivity contribution < 1.29 is 24.2 Å². The van der Waals surface area contributed by atoms with Crippen molar-refractivity contribution in [3.05, 3.63) is 0 Å². The van der Waals surface area contributed by atoms with Gasteiger partial charge >= 0.3 is 5.97 Å². The van der Waals surface area contributed by atoms with Gasteiger partial charge in [0.15, 0.2) is 5.78 Å². The summed E-state index contributed by atoms with van der Waals surface area (Å²) in [6, 6.07) is 0. The Hall–Kier alpha value is -1.39. The molecule has 1 rings (SSSR count). The lowest BCUT2D eigenvalue weighted by Gasteiger charge is -2.21. The molecule has 1 fully saturated rings.